The van der Waals surface area contributed by atoms with Crippen LogP contribution in [0.3, 0.4) is 0 Å². The third-order valence-corrected chi connectivity index (χ3v) is 8.27. The quantitative estimate of drug-likeness (QED) is 0.320. The normalized spacial score (nSPS) is 27.4. The van der Waals surface area contributed by atoms with Crippen LogP contribution in [0, 0.1) is 23.7 Å². The van der Waals surface area contributed by atoms with E-state index in [0.717, 1.165) is 42.1 Å². The molecule has 2 aliphatic rings. The number of alkyl halides is 3. The van der Waals surface area contributed by atoms with E-state index in [0.29, 0.717) is 0 Å². The van der Waals surface area contributed by atoms with Crippen LogP contribution in [-0.2, 0) is 12.6 Å². The molecule has 0 aliphatic heterocycles. The van der Waals surface area contributed by atoms with Crippen molar-refractivity contribution in [2.45, 2.75) is 116 Å². The third-order valence-electron chi connectivity index (χ3n) is 8.27. The molecule has 3 rings (SSSR count). The lowest BCUT2D eigenvalue weighted by atomic mass is 9.68. The van der Waals surface area contributed by atoms with E-state index in [4.69, 9.17) is 0 Å². The second-order valence-electron chi connectivity index (χ2n) is 10.5. The molecule has 0 bridgehead atoms. The Bertz CT molecular complexity index is 602. The minimum absolute atomic E-state index is 0.544. The van der Waals surface area contributed by atoms with Crippen molar-refractivity contribution in [2.24, 2.45) is 23.7 Å². The summed E-state index contributed by atoms with van der Waals surface area (Å²) in [5, 5.41) is 0. The lowest BCUT2D eigenvalue weighted by Crippen LogP contribution is -2.25. The van der Waals surface area contributed by atoms with E-state index in [1.165, 1.54) is 102 Å². The van der Waals surface area contributed by atoms with Crippen LogP contribution in [0.25, 0.3) is 0 Å². The molecule has 1 aromatic rings. The fourth-order valence-corrected chi connectivity index (χ4v) is 6.20. The first-order valence-corrected chi connectivity index (χ1v) is 13.1. The second-order valence-corrected chi connectivity index (χ2v) is 10.5. The van der Waals surface area contributed by atoms with E-state index in [-0.39, 0.29) is 0 Å². The van der Waals surface area contributed by atoms with Crippen molar-refractivity contribution in [3.05, 3.63) is 35.4 Å². The largest absolute Gasteiger partial charge is 0.416 e. The molecule has 0 unspecified atom stereocenters. The van der Waals surface area contributed by atoms with E-state index in [9.17, 15) is 13.2 Å². The van der Waals surface area contributed by atoms with E-state index in [2.05, 4.69) is 6.92 Å². The van der Waals surface area contributed by atoms with Crippen LogP contribution in [0.2, 0.25) is 0 Å². The smallest absolute Gasteiger partial charge is 0.166 e. The van der Waals surface area contributed by atoms with Gasteiger partial charge in [-0.15, -0.1) is 0 Å². The highest BCUT2D eigenvalue weighted by molar-refractivity contribution is 5.24. The lowest BCUT2D eigenvalue weighted by molar-refractivity contribution is -0.137. The first kappa shape index (κ1) is 24.6. The number of hydrogen-bond acceptors (Lipinski definition) is 0. The van der Waals surface area contributed by atoms with Gasteiger partial charge in [-0.1, -0.05) is 83.3 Å². The Labute approximate surface area is 188 Å². The molecule has 2 fully saturated rings. The fraction of sp³-hybridized carbons (Fsp3) is 0.786. The highest BCUT2D eigenvalue weighted by Gasteiger charge is 2.31. The van der Waals surface area contributed by atoms with Crippen LogP contribution >= 0.6 is 0 Å². The van der Waals surface area contributed by atoms with Gasteiger partial charge in [-0.05, 0) is 79.9 Å². The Morgan fingerprint density at radius 2 is 1.16 bits per heavy atom. The molecular weight excluding hydrogens is 393 g/mol. The average molecular weight is 437 g/mol. The molecule has 0 heterocycles. The maximum absolute atomic E-state index is 12.7. The summed E-state index contributed by atoms with van der Waals surface area (Å²) in [6.45, 7) is 2.30. The highest BCUT2D eigenvalue weighted by Crippen LogP contribution is 2.43. The summed E-state index contributed by atoms with van der Waals surface area (Å²) in [5.41, 5.74) is 0.486. The predicted molar refractivity (Wildman–Crippen MR) is 124 cm³/mol. The van der Waals surface area contributed by atoms with Crippen molar-refractivity contribution in [3.8, 4) is 0 Å². The van der Waals surface area contributed by atoms with Crippen LogP contribution in [-0.4, -0.2) is 0 Å². The van der Waals surface area contributed by atoms with Crippen LogP contribution in [0.1, 0.15) is 114 Å². The molecule has 0 radical (unpaired) electrons. The van der Waals surface area contributed by atoms with E-state index >= 15 is 0 Å². The van der Waals surface area contributed by atoms with Crippen LogP contribution in [0.5, 0.6) is 0 Å². The monoisotopic (exact) mass is 436 g/mol. The zero-order valence-electron chi connectivity index (χ0n) is 19.6. The zero-order chi connectivity index (χ0) is 22.1. The minimum Gasteiger partial charge on any atom is -0.166 e. The van der Waals surface area contributed by atoms with Crippen molar-refractivity contribution in [1.82, 2.24) is 0 Å². The van der Waals surface area contributed by atoms with Crippen molar-refractivity contribution in [1.29, 1.82) is 0 Å². The summed E-state index contributed by atoms with van der Waals surface area (Å²) in [6.07, 6.45) is 17.6. The maximum atomic E-state index is 12.7. The number of halogens is 3. The lowest BCUT2D eigenvalue weighted by Gasteiger charge is -2.38. The van der Waals surface area contributed by atoms with Gasteiger partial charge >= 0.3 is 6.18 Å². The molecule has 31 heavy (non-hydrogen) atoms. The SMILES string of the molecule is CCCCC[C@H]1CC[C@H](C2CCC(CCCCc3ccc(C(F)(F)F)cc3)CC2)CC1. The van der Waals surface area contributed by atoms with E-state index in [1.807, 2.05) is 0 Å². The third kappa shape index (κ3) is 8.13. The zero-order valence-corrected chi connectivity index (χ0v) is 19.6. The standard InChI is InChI=1S/C28H43F3/c1-2-3-4-7-22-10-16-25(17-11-22)26-18-12-23(13-19-26)8-5-6-9-24-14-20-27(21-15-24)28(29,30)31/h14-15,20-23,25-26H,2-13,16-19H2,1H3/t22-,23?,25-,26?. The molecule has 2 aliphatic carbocycles. The van der Waals surface area contributed by atoms with Crippen molar-refractivity contribution >= 4 is 0 Å². The van der Waals surface area contributed by atoms with Gasteiger partial charge in [0.1, 0.15) is 0 Å². The summed E-state index contributed by atoms with van der Waals surface area (Å²) < 4.78 is 38.0. The Balaban J connectivity index is 1.26. The van der Waals surface area contributed by atoms with Gasteiger partial charge in [-0.3, -0.25) is 0 Å². The van der Waals surface area contributed by atoms with Gasteiger partial charge in [-0.2, -0.15) is 13.2 Å². The second kappa shape index (κ2) is 12.3. The van der Waals surface area contributed by atoms with Gasteiger partial charge in [0.15, 0.2) is 0 Å². The van der Waals surface area contributed by atoms with E-state index in [1.54, 1.807) is 12.1 Å². The van der Waals surface area contributed by atoms with Gasteiger partial charge in [0.05, 0.1) is 5.56 Å². The van der Waals surface area contributed by atoms with Crippen molar-refractivity contribution in [2.75, 3.05) is 0 Å². The Hall–Kier alpha value is -0.990. The molecule has 3 heteroatoms. The van der Waals surface area contributed by atoms with Gasteiger partial charge in [0.25, 0.3) is 0 Å². The Kier molecular flexibility index (Phi) is 9.78. The van der Waals surface area contributed by atoms with Gasteiger partial charge in [0.2, 0.25) is 0 Å². The summed E-state index contributed by atoms with van der Waals surface area (Å²) >= 11 is 0. The molecule has 0 N–H and O–H groups in total. The number of rotatable bonds is 10. The first-order valence-electron chi connectivity index (χ1n) is 13.1. The summed E-state index contributed by atoms with van der Waals surface area (Å²) in [4.78, 5) is 0. The van der Waals surface area contributed by atoms with Crippen molar-refractivity contribution < 1.29 is 13.2 Å². The Morgan fingerprint density at radius 3 is 1.61 bits per heavy atom. The predicted octanol–water partition coefficient (Wildman–Crippen LogP) is 9.61. The summed E-state index contributed by atoms with van der Waals surface area (Å²) in [5.74, 6) is 3.89. The molecule has 0 saturated heterocycles. The Morgan fingerprint density at radius 1 is 0.677 bits per heavy atom. The van der Waals surface area contributed by atoms with Crippen molar-refractivity contribution in [3.63, 3.8) is 0 Å². The summed E-state index contributed by atoms with van der Waals surface area (Å²) in [6, 6.07) is 5.73. The van der Waals surface area contributed by atoms with Gasteiger partial charge < -0.3 is 0 Å². The molecule has 0 atom stereocenters. The number of aryl methyl sites for hydroxylation is 1. The molecular formula is C28H43F3. The number of hydrogen-bond donors (Lipinski definition) is 0. The molecule has 1 aromatic carbocycles. The van der Waals surface area contributed by atoms with E-state index < -0.39 is 11.7 Å². The molecule has 0 amide bonds. The summed E-state index contributed by atoms with van der Waals surface area (Å²) in [7, 11) is 0. The average Bonchev–Trinajstić information content (AvgIpc) is 2.78. The van der Waals surface area contributed by atoms with Crippen LogP contribution in [0.4, 0.5) is 13.2 Å². The highest BCUT2D eigenvalue weighted by atomic mass is 19.4. The minimum atomic E-state index is -4.23. The molecule has 0 nitrogen and oxygen atoms in total. The van der Waals surface area contributed by atoms with Gasteiger partial charge in [-0.25, -0.2) is 0 Å². The number of unbranched alkanes of at least 4 members (excludes halogenated alkanes) is 3. The molecule has 0 aromatic heterocycles. The number of benzene rings is 1. The first-order chi connectivity index (χ1) is 15.0. The van der Waals surface area contributed by atoms with Gasteiger partial charge in [0, 0.05) is 0 Å². The topological polar surface area (TPSA) is 0 Å². The molecule has 0 spiro atoms. The fourth-order valence-electron chi connectivity index (χ4n) is 6.20. The van der Waals surface area contributed by atoms with Crippen LogP contribution < -0.4 is 0 Å². The molecule has 2 saturated carbocycles. The van der Waals surface area contributed by atoms with Crippen LogP contribution in [0.15, 0.2) is 24.3 Å². The maximum Gasteiger partial charge on any atom is 0.416 e. The molecule has 176 valence electrons.